The van der Waals surface area contributed by atoms with Crippen LogP contribution in [-0.2, 0) is 11.3 Å². The fraction of sp³-hybridized carbons (Fsp3) is 0.391. The lowest BCUT2D eigenvalue weighted by Crippen LogP contribution is -2.34. The molecule has 5 nitrogen and oxygen atoms in total. The van der Waals surface area contributed by atoms with Gasteiger partial charge in [0.1, 0.15) is 18.1 Å². The van der Waals surface area contributed by atoms with E-state index in [9.17, 15) is 14.0 Å². The zero-order valence-electron chi connectivity index (χ0n) is 16.6. The van der Waals surface area contributed by atoms with Crippen LogP contribution in [0.3, 0.4) is 0 Å². The molecule has 5 atom stereocenters. The Kier molecular flexibility index (Phi) is 4.61. The fourth-order valence-electron chi connectivity index (χ4n) is 5.75. The molecule has 2 bridgehead atoms. The standard InChI is InChI=1S/C23H21FN2O3S2/c24-14-5-7-15(8-6-14)25-17(27)11-26-22-21(31-23(26)28)19(16-2-1-9-29-16)18-12-3-4-13(10-12)20(18)30-22/h1-2,5-9,12-13,18-20H,3-4,10-11H2,(H,25,27)/t12?,13?,18?,19-,20?/m0/s1. The Morgan fingerprint density at radius 2 is 2.00 bits per heavy atom. The second kappa shape index (κ2) is 7.38. The molecule has 1 aromatic carbocycles. The van der Waals surface area contributed by atoms with E-state index < -0.39 is 0 Å². The molecule has 2 aliphatic carbocycles. The molecule has 160 valence electrons. The van der Waals surface area contributed by atoms with Crippen molar-refractivity contribution in [3.05, 3.63) is 68.8 Å². The number of hydrogen-bond acceptors (Lipinski definition) is 5. The maximum absolute atomic E-state index is 13.1. The first kappa shape index (κ1) is 19.4. The number of benzene rings is 1. The van der Waals surface area contributed by atoms with Gasteiger partial charge < -0.3 is 9.73 Å². The van der Waals surface area contributed by atoms with Crippen molar-refractivity contribution < 1.29 is 13.6 Å². The molecule has 2 fully saturated rings. The van der Waals surface area contributed by atoms with Crippen LogP contribution >= 0.6 is 23.1 Å². The van der Waals surface area contributed by atoms with Gasteiger partial charge in [0.05, 0.1) is 22.1 Å². The topological polar surface area (TPSA) is 64.2 Å². The molecule has 6 rings (SSSR count). The van der Waals surface area contributed by atoms with Crippen LogP contribution in [0.4, 0.5) is 10.1 Å². The van der Waals surface area contributed by atoms with Crippen molar-refractivity contribution in [2.45, 2.75) is 42.0 Å². The number of thioether (sulfide) groups is 1. The quantitative estimate of drug-likeness (QED) is 0.604. The number of halogens is 1. The van der Waals surface area contributed by atoms with Gasteiger partial charge in [0, 0.05) is 10.9 Å². The number of carbonyl (C=O) groups excluding carboxylic acids is 1. The number of rotatable bonds is 4. The summed E-state index contributed by atoms with van der Waals surface area (Å²) < 4.78 is 20.6. The van der Waals surface area contributed by atoms with E-state index in [-0.39, 0.29) is 29.1 Å². The van der Waals surface area contributed by atoms with Crippen LogP contribution in [0.1, 0.15) is 35.8 Å². The van der Waals surface area contributed by atoms with Gasteiger partial charge in [-0.1, -0.05) is 11.3 Å². The predicted octanol–water partition coefficient (Wildman–Crippen LogP) is 4.93. The molecule has 31 heavy (non-hydrogen) atoms. The van der Waals surface area contributed by atoms with E-state index in [1.165, 1.54) is 54.9 Å². The second-order valence-electron chi connectivity index (χ2n) is 8.66. The fourth-order valence-corrected chi connectivity index (χ4v) is 8.88. The SMILES string of the molecule is O=C(Cn1c2c(sc1=O)[C@@H](c1ccco1)C1C3CCC(C3)C1S2)Nc1ccc(F)cc1. The third-order valence-corrected chi connectivity index (χ3v) is 9.80. The Labute approximate surface area is 186 Å². The van der Waals surface area contributed by atoms with Gasteiger partial charge >= 0.3 is 4.87 Å². The summed E-state index contributed by atoms with van der Waals surface area (Å²) in [5.74, 6) is 2.20. The van der Waals surface area contributed by atoms with E-state index in [0.29, 0.717) is 28.7 Å². The molecule has 0 spiro atoms. The van der Waals surface area contributed by atoms with E-state index in [0.717, 1.165) is 15.7 Å². The molecule has 4 unspecified atom stereocenters. The number of nitrogens with one attached hydrogen (secondary N) is 1. The highest BCUT2D eigenvalue weighted by molar-refractivity contribution is 8.00. The largest absolute Gasteiger partial charge is 0.469 e. The number of carbonyl (C=O) groups is 1. The van der Waals surface area contributed by atoms with Crippen molar-refractivity contribution in [1.29, 1.82) is 0 Å². The average Bonchev–Trinajstić information content (AvgIpc) is 3.54. The van der Waals surface area contributed by atoms with Gasteiger partial charge in [0.25, 0.3) is 0 Å². The molecular formula is C23H21FN2O3S2. The Morgan fingerprint density at radius 1 is 1.19 bits per heavy atom. The van der Waals surface area contributed by atoms with Crippen LogP contribution in [0.25, 0.3) is 0 Å². The number of furan rings is 1. The zero-order chi connectivity index (χ0) is 21.1. The first-order valence-corrected chi connectivity index (χ1v) is 12.3. The monoisotopic (exact) mass is 456 g/mol. The number of anilines is 1. The van der Waals surface area contributed by atoms with Crippen LogP contribution in [0.5, 0.6) is 0 Å². The minimum atomic E-state index is -0.359. The second-order valence-corrected chi connectivity index (χ2v) is 10.8. The van der Waals surface area contributed by atoms with Crippen LogP contribution in [-0.4, -0.2) is 15.7 Å². The first-order valence-electron chi connectivity index (χ1n) is 10.6. The van der Waals surface area contributed by atoms with Gasteiger partial charge in [0.15, 0.2) is 0 Å². The summed E-state index contributed by atoms with van der Waals surface area (Å²) in [6.07, 6.45) is 5.46. The summed E-state index contributed by atoms with van der Waals surface area (Å²) in [7, 11) is 0. The van der Waals surface area contributed by atoms with Gasteiger partial charge in [-0.15, -0.1) is 11.8 Å². The van der Waals surface area contributed by atoms with Crippen LogP contribution in [0.2, 0.25) is 0 Å². The van der Waals surface area contributed by atoms with E-state index in [2.05, 4.69) is 5.32 Å². The van der Waals surface area contributed by atoms with Gasteiger partial charge in [-0.3, -0.25) is 14.2 Å². The van der Waals surface area contributed by atoms with Gasteiger partial charge in [-0.05, 0) is 73.4 Å². The molecule has 1 aliphatic heterocycles. The minimum absolute atomic E-state index is 0.0502. The van der Waals surface area contributed by atoms with Gasteiger partial charge in [-0.25, -0.2) is 4.39 Å². The highest BCUT2D eigenvalue weighted by Crippen LogP contribution is 2.64. The average molecular weight is 457 g/mol. The Bertz CT molecular complexity index is 1180. The molecule has 8 heteroatoms. The molecule has 0 saturated heterocycles. The van der Waals surface area contributed by atoms with Crippen molar-refractivity contribution in [2.75, 3.05) is 5.32 Å². The lowest BCUT2D eigenvalue weighted by molar-refractivity contribution is -0.116. The minimum Gasteiger partial charge on any atom is -0.469 e. The Hall–Kier alpha value is -2.32. The van der Waals surface area contributed by atoms with Crippen LogP contribution in [0.15, 0.2) is 56.9 Å². The lowest BCUT2D eigenvalue weighted by Gasteiger charge is -2.39. The third kappa shape index (κ3) is 3.19. The maximum atomic E-state index is 13.1. The molecular weight excluding hydrogens is 435 g/mol. The van der Waals surface area contributed by atoms with E-state index >= 15 is 0 Å². The smallest absolute Gasteiger partial charge is 0.308 e. The third-order valence-electron chi connectivity index (χ3n) is 6.97. The number of amides is 1. The maximum Gasteiger partial charge on any atom is 0.308 e. The Balaban J connectivity index is 1.34. The molecule has 2 aromatic heterocycles. The summed E-state index contributed by atoms with van der Waals surface area (Å²) >= 11 is 3.04. The van der Waals surface area contributed by atoms with Crippen LogP contribution < -0.4 is 10.2 Å². The molecule has 0 radical (unpaired) electrons. The zero-order valence-corrected chi connectivity index (χ0v) is 18.3. The van der Waals surface area contributed by atoms with Crippen molar-refractivity contribution in [3.8, 4) is 0 Å². The molecule has 3 aromatic rings. The number of fused-ring (bicyclic) bond motifs is 6. The summed E-state index contributed by atoms with van der Waals surface area (Å²) in [6.45, 7) is -0.0502. The van der Waals surface area contributed by atoms with Crippen LogP contribution in [0, 0.1) is 23.6 Å². The molecule has 1 amide bonds. The number of hydrogen-bond donors (Lipinski definition) is 1. The van der Waals surface area contributed by atoms with E-state index in [1.54, 1.807) is 22.6 Å². The van der Waals surface area contributed by atoms with Crippen molar-refractivity contribution in [2.24, 2.45) is 17.8 Å². The van der Waals surface area contributed by atoms with Gasteiger partial charge in [-0.2, -0.15) is 0 Å². The Morgan fingerprint density at radius 3 is 2.77 bits per heavy atom. The first-order chi connectivity index (χ1) is 15.1. The number of thiazole rings is 1. The lowest BCUT2D eigenvalue weighted by atomic mass is 9.77. The van der Waals surface area contributed by atoms with Crippen molar-refractivity contribution in [3.63, 3.8) is 0 Å². The number of aromatic nitrogens is 1. The molecule has 1 N–H and O–H groups in total. The summed E-state index contributed by atoms with van der Waals surface area (Å²) in [5, 5.41) is 4.14. The summed E-state index contributed by atoms with van der Waals surface area (Å²) in [6, 6.07) is 9.56. The summed E-state index contributed by atoms with van der Waals surface area (Å²) in [5.41, 5.74) is 0.512. The van der Waals surface area contributed by atoms with Gasteiger partial charge in [0.2, 0.25) is 5.91 Å². The van der Waals surface area contributed by atoms with E-state index in [1.807, 2.05) is 12.1 Å². The number of nitrogens with zero attached hydrogens (tertiary/aromatic N) is 1. The normalized spacial score (nSPS) is 28.4. The highest BCUT2D eigenvalue weighted by atomic mass is 32.2. The molecule has 2 saturated carbocycles. The summed E-state index contributed by atoms with van der Waals surface area (Å²) in [4.78, 5) is 26.6. The van der Waals surface area contributed by atoms with E-state index in [4.69, 9.17) is 4.42 Å². The molecule has 3 heterocycles. The van der Waals surface area contributed by atoms with Crippen molar-refractivity contribution in [1.82, 2.24) is 4.57 Å². The molecule has 3 aliphatic rings. The highest BCUT2D eigenvalue weighted by Gasteiger charge is 2.55. The predicted molar refractivity (Wildman–Crippen MR) is 118 cm³/mol. The van der Waals surface area contributed by atoms with Crippen molar-refractivity contribution >= 4 is 34.7 Å².